The number of ether oxygens (including phenoxy) is 3. The van der Waals surface area contributed by atoms with Crippen molar-refractivity contribution in [2.45, 2.75) is 50.9 Å². The fraction of sp³-hybridized carbons (Fsp3) is 0.417. The van der Waals surface area contributed by atoms with E-state index in [1.165, 1.54) is 6.92 Å². The van der Waals surface area contributed by atoms with Crippen LogP contribution < -0.4 is 0 Å². The smallest absolute Gasteiger partial charge is 0.318 e. The van der Waals surface area contributed by atoms with Crippen LogP contribution >= 0.6 is 0 Å². The molecule has 5 nitrogen and oxygen atoms in total. The van der Waals surface area contributed by atoms with Crippen LogP contribution in [-0.2, 0) is 29.4 Å². The molecule has 2 aromatic carbocycles. The summed E-state index contributed by atoms with van der Waals surface area (Å²) in [4.78, 5) is 25.4. The standard InChI is InChI=1S/C24H26O5/c1-3-27-21(26)22-15-10-16-24(22,28-18(2)25)29-23(17-22,19-11-6-4-7-12-19)20-13-8-5-9-14-20/h4-9,11-14H,3,10,15-17H2,1-2H3/t22-,24-/m0/s1. The zero-order chi connectivity index (χ0) is 20.5. The van der Waals surface area contributed by atoms with E-state index < -0.39 is 22.8 Å². The van der Waals surface area contributed by atoms with Gasteiger partial charge >= 0.3 is 11.9 Å². The van der Waals surface area contributed by atoms with Crippen molar-refractivity contribution in [1.82, 2.24) is 0 Å². The van der Waals surface area contributed by atoms with Crippen LogP contribution in [0.5, 0.6) is 0 Å². The van der Waals surface area contributed by atoms with Gasteiger partial charge in [0.1, 0.15) is 11.0 Å². The minimum absolute atomic E-state index is 0.264. The highest BCUT2D eigenvalue weighted by atomic mass is 16.7. The molecule has 1 aliphatic heterocycles. The third-order valence-electron chi connectivity index (χ3n) is 6.18. The molecular formula is C24H26O5. The lowest BCUT2D eigenvalue weighted by molar-refractivity contribution is -0.261. The molecule has 0 bridgehead atoms. The zero-order valence-corrected chi connectivity index (χ0v) is 16.9. The second-order valence-corrected chi connectivity index (χ2v) is 7.84. The van der Waals surface area contributed by atoms with Gasteiger partial charge in [-0.15, -0.1) is 0 Å². The first-order valence-corrected chi connectivity index (χ1v) is 10.2. The van der Waals surface area contributed by atoms with Gasteiger partial charge in [0.2, 0.25) is 5.79 Å². The summed E-state index contributed by atoms with van der Waals surface area (Å²) in [6, 6.07) is 19.7. The van der Waals surface area contributed by atoms with Crippen molar-refractivity contribution in [3.63, 3.8) is 0 Å². The average Bonchev–Trinajstić information content (AvgIpc) is 3.20. The van der Waals surface area contributed by atoms with Gasteiger partial charge < -0.3 is 14.2 Å². The van der Waals surface area contributed by atoms with Gasteiger partial charge in [0, 0.05) is 19.8 Å². The van der Waals surface area contributed by atoms with E-state index >= 15 is 0 Å². The van der Waals surface area contributed by atoms with Crippen molar-refractivity contribution < 1.29 is 23.8 Å². The highest BCUT2D eigenvalue weighted by Crippen LogP contribution is 2.65. The number of hydrogen-bond acceptors (Lipinski definition) is 5. The van der Waals surface area contributed by atoms with E-state index in [1.807, 2.05) is 60.7 Å². The molecule has 2 atom stereocenters. The van der Waals surface area contributed by atoms with Gasteiger partial charge in [-0.1, -0.05) is 60.7 Å². The summed E-state index contributed by atoms with van der Waals surface area (Å²) in [6.07, 6.45) is 2.11. The van der Waals surface area contributed by atoms with Crippen LogP contribution in [0.25, 0.3) is 0 Å². The lowest BCUT2D eigenvalue weighted by Gasteiger charge is -2.36. The summed E-state index contributed by atoms with van der Waals surface area (Å²) in [5, 5.41) is 0. The van der Waals surface area contributed by atoms with E-state index in [9.17, 15) is 9.59 Å². The van der Waals surface area contributed by atoms with Gasteiger partial charge in [-0.3, -0.25) is 9.59 Å². The molecule has 1 saturated carbocycles. The van der Waals surface area contributed by atoms with Gasteiger partial charge in [-0.25, -0.2) is 0 Å². The molecule has 152 valence electrons. The Morgan fingerprint density at radius 1 is 0.966 bits per heavy atom. The Balaban J connectivity index is 1.93. The van der Waals surface area contributed by atoms with Crippen LogP contribution in [0, 0.1) is 5.41 Å². The molecule has 0 N–H and O–H groups in total. The van der Waals surface area contributed by atoms with Crippen LogP contribution in [0.4, 0.5) is 0 Å². The minimum atomic E-state index is -1.34. The normalized spacial score (nSPS) is 27.2. The largest absolute Gasteiger partial charge is 0.465 e. The van der Waals surface area contributed by atoms with E-state index in [0.29, 0.717) is 19.3 Å². The van der Waals surface area contributed by atoms with E-state index in [0.717, 1.165) is 17.5 Å². The Labute approximate surface area is 171 Å². The molecule has 0 amide bonds. The van der Waals surface area contributed by atoms with Crippen molar-refractivity contribution in [3.8, 4) is 0 Å². The number of esters is 2. The quantitative estimate of drug-likeness (QED) is 0.706. The van der Waals surface area contributed by atoms with Crippen molar-refractivity contribution in [1.29, 1.82) is 0 Å². The summed E-state index contributed by atoms with van der Waals surface area (Å²) in [7, 11) is 0. The maximum atomic E-state index is 13.3. The number of carbonyl (C=O) groups excluding carboxylic acids is 2. The van der Waals surface area contributed by atoms with E-state index in [4.69, 9.17) is 14.2 Å². The fourth-order valence-corrected chi connectivity index (χ4v) is 5.07. The molecule has 0 radical (unpaired) electrons. The summed E-state index contributed by atoms with van der Waals surface area (Å²) >= 11 is 0. The summed E-state index contributed by atoms with van der Waals surface area (Å²) < 4.78 is 18.1. The number of hydrogen-bond donors (Lipinski definition) is 0. The van der Waals surface area contributed by atoms with E-state index in [2.05, 4.69) is 0 Å². The Morgan fingerprint density at radius 3 is 2.07 bits per heavy atom. The second kappa shape index (κ2) is 7.30. The lowest BCUT2D eigenvalue weighted by Crippen LogP contribution is -2.49. The fourth-order valence-electron chi connectivity index (χ4n) is 5.07. The molecule has 1 heterocycles. The third-order valence-corrected chi connectivity index (χ3v) is 6.18. The van der Waals surface area contributed by atoms with Gasteiger partial charge in [-0.2, -0.15) is 0 Å². The Bertz CT molecular complexity index is 855. The number of rotatable bonds is 5. The van der Waals surface area contributed by atoms with Crippen LogP contribution in [0.1, 0.15) is 50.7 Å². The number of fused-ring (bicyclic) bond motifs is 1. The summed E-state index contributed by atoms with van der Waals surface area (Å²) in [6.45, 7) is 3.41. The van der Waals surface area contributed by atoms with Crippen LogP contribution in [0.2, 0.25) is 0 Å². The second-order valence-electron chi connectivity index (χ2n) is 7.84. The molecule has 1 aliphatic carbocycles. The first-order chi connectivity index (χ1) is 14.0. The molecule has 2 fully saturated rings. The number of benzene rings is 2. The Kier molecular flexibility index (Phi) is 4.95. The Morgan fingerprint density at radius 2 is 1.55 bits per heavy atom. The van der Waals surface area contributed by atoms with Crippen molar-refractivity contribution in [2.24, 2.45) is 5.41 Å². The first-order valence-electron chi connectivity index (χ1n) is 10.2. The van der Waals surface area contributed by atoms with E-state index in [-0.39, 0.29) is 12.6 Å². The molecule has 5 heteroatoms. The Hall–Kier alpha value is -2.66. The maximum Gasteiger partial charge on any atom is 0.318 e. The minimum Gasteiger partial charge on any atom is -0.465 e. The highest BCUT2D eigenvalue weighted by Gasteiger charge is 2.74. The van der Waals surface area contributed by atoms with Gasteiger partial charge in [0.25, 0.3) is 0 Å². The third kappa shape index (κ3) is 2.96. The van der Waals surface area contributed by atoms with Gasteiger partial charge in [0.15, 0.2) is 0 Å². The molecule has 29 heavy (non-hydrogen) atoms. The molecule has 0 spiro atoms. The SMILES string of the molecule is CCOC(=O)[C@@]12CCC[C@]1(OC(C)=O)OC(c1ccccc1)(c1ccccc1)C2. The summed E-state index contributed by atoms with van der Waals surface area (Å²) in [5.41, 5.74) is -0.0995. The maximum absolute atomic E-state index is 13.3. The predicted octanol–water partition coefficient (Wildman–Crippen LogP) is 4.34. The van der Waals surface area contributed by atoms with Crippen LogP contribution in [0.15, 0.2) is 60.7 Å². The monoisotopic (exact) mass is 394 g/mol. The molecule has 1 saturated heterocycles. The van der Waals surface area contributed by atoms with Crippen molar-refractivity contribution >= 4 is 11.9 Å². The molecular weight excluding hydrogens is 368 g/mol. The molecule has 0 unspecified atom stereocenters. The number of carbonyl (C=O) groups is 2. The molecule has 4 rings (SSSR count). The van der Waals surface area contributed by atoms with Crippen LogP contribution in [0.3, 0.4) is 0 Å². The lowest BCUT2D eigenvalue weighted by atomic mass is 9.72. The van der Waals surface area contributed by atoms with Crippen molar-refractivity contribution in [2.75, 3.05) is 6.61 Å². The topological polar surface area (TPSA) is 61.8 Å². The molecule has 2 aliphatic rings. The first kappa shape index (κ1) is 19.6. The van der Waals surface area contributed by atoms with Crippen LogP contribution in [-0.4, -0.2) is 24.3 Å². The molecule has 0 aromatic heterocycles. The van der Waals surface area contributed by atoms with Gasteiger partial charge in [0.05, 0.1) is 6.61 Å². The van der Waals surface area contributed by atoms with Gasteiger partial charge in [-0.05, 0) is 30.9 Å². The summed E-state index contributed by atoms with van der Waals surface area (Å²) in [5.74, 6) is -2.15. The molecule has 2 aromatic rings. The average molecular weight is 394 g/mol. The zero-order valence-electron chi connectivity index (χ0n) is 16.9. The highest BCUT2D eigenvalue weighted by molar-refractivity contribution is 5.81. The van der Waals surface area contributed by atoms with E-state index in [1.54, 1.807) is 6.92 Å². The van der Waals surface area contributed by atoms with Crippen molar-refractivity contribution in [3.05, 3.63) is 71.8 Å². The predicted molar refractivity (Wildman–Crippen MR) is 107 cm³/mol.